The molecule has 412 valence electrons. The Labute approximate surface area is 468 Å². The first-order chi connectivity index (χ1) is 37.7. The number of carbonyl (C=O) groups excluding carboxylic acids is 2. The molecule has 0 bridgehead atoms. The predicted octanol–water partition coefficient (Wildman–Crippen LogP) is 13.9. The van der Waals surface area contributed by atoms with Crippen LogP contribution in [0.15, 0.2) is 146 Å². The first-order valence-corrected chi connectivity index (χ1v) is 26.5. The van der Waals surface area contributed by atoms with E-state index in [1.54, 1.807) is 45.0 Å². The average molecular weight is 1070 g/mol. The van der Waals surface area contributed by atoms with Crippen molar-refractivity contribution in [3.05, 3.63) is 196 Å². The molecule has 79 heavy (non-hydrogen) atoms. The summed E-state index contributed by atoms with van der Waals surface area (Å²) in [7, 11) is 2.76. The zero-order valence-corrected chi connectivity index (χ0v) is 46.0. The zero-order valence-electron chi connectivity index (χ0n) is 46.0. The molecule has 3 aliphatic carbocycles. The van der Waals surface area contributed by atoms with Crippen molar-refractivity contribution in [3.63, 3.8) is 0 Å². The van der Waals surface area contributed by atoms with Gasteiger partial charge in [-0.3, -0.25) is 14.4 Å². The van der Waals surface area contributed by atoms with Gasteiger partial charge in [-0.05, 0) is 132 Å². The summed E-state index contributed by atoms with van der Waals surface area (Å²) in [5, 5.41) is 27.9. The number of aliphatic carboxylic acids is 1. The SMILES string of the molecule is C.CC#C[C@@H](CC(=O)O)c1ccc(OC2c3ccccc3CC2C)cc1.CC#C[C@@H](CC(=O)OC)c1ccc(O)cc1.CC#C[C@@H](CC(=O)OC)c1ccc(OC2c3ccccc3CC2C)cc1.CC1Cc2ccccc2C1O. The third-order valence-electron chi connectivity index (χ3n) is 14.2. The maximum atomic E-state index is 11.6. The predicted molar refractivity (Wildman–Crippen MR) is 311 cm³/mol. The number of aliphatic hydroxyl groups excluding tert-OH is 1. The highest BCUT2D eigenvalue weighted by atomic mass is 16.5. The fraction of sp³-hybridized carbons (Fsp3) is 0.348. The lowest BCUT2D eigenvalue weighted by Crippen LogP contribution is -2.11. The van der Waals surface area contributed by atoms with Crippen LogP contribution in [0.2, 0.25) is 0 Å². The van der Waals surface area contributed by atoms with Crippen molar-refractivity contribution in [1.82, 2.24) is 0 Å². The van der Waals surface area contributed by atoms with E-state index in [-0.39, 0.29) is 80.4 Å². The van der Waals surface area contributed by atoms with Crippen molar-refractivity contribution < 1.29 is 48.7 Å². The lowest BCUT2D eigenvalue weighted by Gasteiger charge is -2.20. The molecular weight excluding hydrogens is 989 g/mol. The molecule has 10 nitrogen and oxygen atoms in total. The topological polar surface area (TPSA) is 149 Å². The number of phenols is 1. The van der Waals surface area contributed by atoms with Gasteiger partial charge in [0, 0.05) is 11.8 Å². The van der Waals surface area contributed by atoms with Gasteiger partial charge in [-0.15, -0.1) is 17.8 Å². The molecule has 0 aromatic heterocycles. The van der Waals surface area contributed by atoms with Gasteiger partial charge in [0.15, 0.2) is 0 Å². The van der Waals surface area contributed by atoms with E-state index in [0.717, 1.165) is 53.0 Å². The monoisotopic (exact) mass is 1060 g/mol. The highest BCUT2D eigenvalue weighted by molar-refractivity contribution is 5.72. The van der Waals surface area contributed by atoms with Gasteiger partial charge >= 0.3 is 17.9 Å². The Morgan fingerprint density at radius 2 is 0.823 bits per heavy atom. The number of carbonyl (C=O) groups is 3. The molecule has 6 aromatic carbocycles. The third kappa shape index (κ3) is 17.4. The maximum absolute atomic E-state index is 11.6. The van der Waals surface area contributed by atoms with Crippen molar-refractivity contribution >= 4 is 17.9 Å². The number of carboxylic acids is 1. The lowest BCUT2D eigenvalue weighted by molar-refractivity contribution is -0.141. The molecule has 0 radical (unpaired) electrons. The van der Waals surface area contributed by atoms with Gasteiger partial charge in [-0.1, -0.05) is 155 Å². The standard InChI is InChI=1S/C23H24O3.C22H22O3.C13H14O3.C10H12O.CH4/c1-4-7-18(15-22(24)25-3)17-10-12-20(13-11-17)26-23-16(2)14-19-8-5-6-9-21(19)23;1-3-6-17(14-21(23)24)16-9-11-19(12-10-16)25-22-15(2)13-18-7-4-5-8-20(18)22;1-3-4-11(9-13(15)16-2)10-5-7-12(14)8-6-10;1-7-6-8-4-2-3-5-9(8)10(7)11;/h5-6,8-13,16,18,23H,14-15H2,1-3H3;4-5,7-12,15,17,22H,13-14H2,1-2H3,(H,23,24);5-8,11,14H,9H2,1-2H3;2-5,7,10-11H,6H2,1H3;1H4/t16?,18-,23?;15?,17-,22?;11-;;/m000../s1. The van der Waals surface area contributed by atoms with E-state index in [9.17, 15) is 19.5 Å². The van der Waals surface area contributed by atoms with Crippen LogP contribution >= 0.6 is 0 Å². The van der Waals surface area contributed by atoms with E-state index in [4.69, 9.17) is 24.4 Å². The van der Waals surface area contributed by atoms with Crippen LogP contribution in [0.5, 0.6) is 17.2 Å². The van der Waals surface area contributed by atoms with Crippen LogP contribution in [-0.2, 0) is 43.1 Å². The van der Waals surface area contributed by atoms with Crippen LogP contribution in [0.4, 0.5) is 0 Å². The van der Waals surface area contributed by atoms with Crippen LogP contribution in [0.25, 0.3) is 0 Å². The molecule has 3 N–H and O–H groups in total. The minimum absolute atomic E-state index is 0. The quantitative estimate of drug-likeness (QED) is 0.0754. The lowest BCUT2D eigenvalue weighted by atomic mass is 9.96. The van der Waals surface area contributed by atoms with Gasteiger partial charge in [0.05, 0.1) is 57.3 Å². The number of methoxy groups -OCH3 is 2. The number of aromatic hydroxyl groups is 1. The summed E-state index contributed by atoms with van der Waals surface area (Å²) in [6.45, 7) is 11.8. The molecule has 6 unspecified atom stereocenters. The van der Waals surface area contributed by atoms with E-state index in [0.29, 0.717) is 17.8 Å². The number of hydrogen-bond acceptors (Lipinski definition) is 9. The van der Waals surface area contributed by atoms with Crippen LogP contribution in [-0.4, -0.2) is 47.4 Å². The molecule has 0 fully saturated rings. The van der Waals surface area contributed by atoms with E-state index in [1.165, 1.54) is 42.0 Å². The van der Waals surface area contributed by atoms with Crippen LogP contribution in [0.3, 0.4) is 0 Å². The molecule has 9 atom stereocenters. The summed E-state index contributed by atoms with van der Waals surface area (Å²) in [5.74, 6) is 18.6. The number of ether oxygens (including phenoxy) is 4. The summed E-state index contributed by atoms with van der Waals surface area (Å²) < 4.78 is 21.9. The van der Waals surface area contributed by atoms with Crippen molar-refractivity contribution in [3.8, 4) is 52.8 Å². The minimum Gasteiger partial charge on any atom is -0.508 e. The van der Waals surface area contributed by atoms with Gasteiger partial charge in [-0.2, -0.15) is 0 Å². The smallest absolute Gasteiger partial charge is 0.307 e. The number of rotatable bonds is 13. The number of fused-ring (bicyclic) bond motifs is 3. The second kappa shape index (κ2) is 30.6. The average Bonchev–Trinajstić information content (AvgIpc) is 4.14. The van der Waals surface area contributed by atoms with Crippen LogP contribution in [0.1, 0.15) is 154 Å². The van der Waals surface area contributed by atoms with Crippen molar-refractivity contribution in [2.45, 2.75) is 124 Å². The van der Waals surface area contributed by atoms with E-state index in [1.807, 2.05) is 66.7 Å². The van der Waals surface area contributed by atoms with Gasteiger partial charge in [0.2, 0.25) is 0 Å². The Bertz CT molecular complexity index is 3130. The van der Waals surface area contributed by atoms with Gasteiger partial charge < -0.3 is 34.3 Å². The van der Waals surface area contributed by atoms with Crippen LogP contribution in [0, 0.1) is 53.3 Å². The summed E-state index contributed by atoms with van der Waals surface area (Å²) in [4.78, 5) is 33.8. The Kier molecular flexibility index (Phi) is 23.9. The Morgan fingerprint density at radius 3 is 1.18 bits per heavy atom. The molecule has 0 aliphatic heterocycles. The van der Waals surface area contributed by atoms with Gasteiger partial charge in [0.25, 0.3) is 0 Å². The fourth-order valence-electron chi connectivity index (χ4n) is 10.2. The normalized spacial score (nSPS) is 18.6. The molecule has 0 amide bonds. The molecule has 0 heterocycles. The van der Waals surface area contributed by atoms with Gasteiger partial charge in [0.1, 0.15) is 29.5 Å². The largest absolute Gasteiger partial charge is 0.508 e. The van der Waals surface area contributed by atoms with Gasteiger partial charge in [-0.25, -0.2) is 0 Å². The van der Waals surface area contributed by atoms with E-state index in [2.05, 4.69) is 116 Å². The molecular formula is C69H76O10. The minimum atomic E-state index is -0.843. The third-order valence-corrected chi connectivity index (χ3v) is 14.2. The van der Waals surface area contributed by atoms with Crippen molar-refractivity contribution in [2.24, 2.45) is 17.8 Å². The summed E-state index contributed by atoms with van der Waals surface area (Å²) in [5.41, 5.74) is 10.5. The molecule has 9 rings (SSSR count). The highest BCUT2D eigenvalue weighted by Gasteiger charge is 2.32. The second-order valence-corrected chi connectivity index (χ2v) is 19.9. The Morgan fingerprint density at radius 1 is 0.494 bits per heavy atom. The molecule has 0 spiro atoms. The number of phenolic OH excluding ortho intramolecular Hbond substituents is 1. The molecule has 10 heteroatoms. The number of esters is 2. The summed E-state index contributed by atoms with van der Waals surface area (Å²) in [6, 6.07) is 47.3. The second-order valence-electron chi connectivity index (χ2n) is 19.9. The molecule has 0 saturated carbocycles. The molecule has 0 saturated heterocycles. The maximum Gasteiger partial charge on any atom is 0.307 e. The van der Waals surface area contributed by atoms with Crippen molar-refractivity contribution in [1.29, 1.82) is 0 Å². The van der Waals surface area contributed by atoms with Crippen LogP contribution < -0.4 is 9.47 Å². The highest BCUT2D eigenvalue weighted by Crippen LogP contribution is 2.41. The number of carboxylic acid groups (broad SMARTS) is 1. The summed E-state index contributed by atoms with van der Waals surface area (Å²) >= 11 is 0. The molecule has 3 aliphatic rings. The Balaban J connectivity index is 0.000000202. The fourth-order valence-corrected chi connectivity index (χ4v) is 10.2. The number of hydrogen-bond donors (Lipinski definition) is 3. The first-order valence-electron chi connectivity index (χ1n) is 26.5. The number of aliphatic hydroxyl groups is 1. The van der Waals surface area contributed by atoms with Crippen molar-refractivity contribution in [2.75, 3.05) is 14.2 Å². The van der Waals surface area contributed by atoms with E-state index < -0.39 is 5.97 Å². The Hall–Kier alpha value is -8.23. The zero-order chi connectivity index (χ0) is 56.1. The first kappa shape index (κ1) is 61.6. The summed E-state index contributed by atoms with van der Waals surface area (Å²) in [6.07, 6.45) is 3.51. The molecule has 6 aromatic rings. The number of benzene rings is 6. The van der Waals surface area contributed by atoms with E-state index >= 15 is 0 Å².